The number of ether oxygens (including phenoxy) is 2. The minimum absolute atomic E-state index is 0.0625. The summed E-state index contributed by atoms with van der Waals surface area (Å²) < 4.78 is 8.98. The molecule has 3 N–H and O–H groups in total. The Morgan fingerprint density at radius 1 is 1.17 bits per heavy atom. The van der Waals surface area contributed by atoms with Crippen LogP contribution in [-0.4, -0.2) is 49.1 Å². The van der Waals surface area contributed by atoms with E-state index in [0.717, 1.165) is 37.1 Å². The van der Waals surface area contributed by atoms with Crippen molar-refractivity contribution in [1.29, 1.82) is 0 Å². The number of esters is 1. The maximum absolute atomic E-state index is 11.4. The van der Waals surface area contributed by atoms with Gasteiger partial charge in [0.2, 0.25) is 6.41 Å². The molecule has 0 aliphatic heterocycles. The van der Waals surface area contributed by atoms with E-state index in [4.69, 9.17) is 4.74 Å². The molecule has 1 unspecified atom stereocenters. The van der Waals surface area contributed by atoms with Crippen molar-refractivity contribution >= 4 is 35.7 Å². The van der Waals surface area contributed by atoms with E-state index in [9.17, 15) is 19.2 Å². The highest BCUT2D eigenvalue weighted by atomic mass is 32.1. The van der Waals surface area contributed by atoms with Crippen molar-refractivity contribution in [1.82, 2.24) is 20.9 Å². The molecule has 0 fully saturated rings. The fraction of sp³-hybridized carbons (Fsp3) is 0.542. The number of rotatable bonds is 12. The fourth-order valence-corrected chi connectivity index (χ4v) is 3.20. The Morgan fingerprint density at radius 3 is 2.29 bits per heavy atom. The first-order valence-electron chi connectivity index (χ1n) is 11.4. The first-order valence-corrected chi connectivity index (χ1v) is 12.3. The summed E-state index contributed by atoms with van der Waals surface area (Å²) in [6.45, 7) is 17.1. The van der Waals surface area contributed by atoms with E-state index in [1.54, 1.807) is 19.2 Å². The predicted octanol–water partition coefficient (Wildman–Crippen LogP) is 4.09. The summed E-state index contributed by atoms with van der Waals surface area (Å²) in [6.07, 6.45) is 5.13. The van der Waals surface area contributed by atoms with Gasteiger partial charge in [0.1, 0.15) is 11.4 Å². The van der Waals surface area contributed by atoms with Crippen LogP contribution < -0.4 is 16.0 Å². The second kappa shape index (κ2) is 21.3. The van der Waals surface area contributed by atoms with Crippen LogP contribution in [0.15, 0.2) is 29.9 Å². The van der Waals surface area contributed by atoms with Gasteiger partial charge >= 0.3 is 12.1 Å². The average Bonchev–Trinajstić information content (AvgIpc) is 3.28. The number of carbonyl (C=O) groups excluding carboxylic acids is 4. The van der Waals surface area contributed by atoms with Crippen molar-refractivity contribution in [3.63, 3.8) is 0 Å². The average molecular weight is 513 g/mol. The van der Waals surface area contributed by atoms with Crippen molar-refractivity contribution in [2.24, 2.45) is 0 Å². The summed E-state index contributed by atoms with van der Waals surface area (Å²) in [6, 6.07) is 0.272. The largest absolute Gasteiger partial charge is 0.464 e. The first kappa shape index (κ1) is 34.0. The van der Waals surface area contributed by atoms with Crippen LogP contribution >= 0.6 is 11.3 Å². The number of amides is 3. The van der Waals surface area contributed by atoms with Crippen molar-refractivity contribution < 1.29 is 28.7 Å². The zero-order chi connectivity index (χ0) is 27.2. The lowest BCUT2D eigenvalue weighted by Crippen LogP contribution is -2.34. The highest BCUT2D eigenvalue weighted by molar-refractivity contribution is 7.09. The molecule has 0 saturated carbocycles. The smallest absolute Gasteiger partial charge is 0.407 e. The van der Waals surface area contributed by atoms with Gasteiger partial charge in [-0.3, -0.25) is 9.59 Å². The van der Waals surface area contributed by atoms with E-state index in [1.165, 1.54) is 18.4 Å². The van der Waals surface area contributed by atoms with Crippen molar-refractivity contribution in [3.05, 3.63) is 40.6 Å². The molecule has 1 atom stereocenters. The summed E-state index contributed by atoms with van der Waals surface area (Å²) in [5.74, 6) is -0.807. The van der Waals surface area contributed by atoms with E-state index in [1.807, 2.05) is 5.32 Å². The van der Waals surface area contributed by atoms with Gasteiger partial charge in [-0.1, -0.05) is 40.3 Å². The zero-order valence-electron chi connectivity index (χ0n) is 21.7. The minimum Gasteiger partial charge on any atom is -0.464 e. The quantitative estimate of drug-likeness (QED) is 0.218. The minimum atomic E-state index is -0.637. The maximum atomic E-state index is 11.4. The van der Waals surface area contributed by atoms with Gasteiger partial charge in [0.25, 0.3) is 5.91 Å². The molecule has 0 aliphatic carbocycles. The predicted molar refractivity (Wildman–Crippen MR) is 138 cm³/mol. The maximum Gasteiger partial charge on any atom is 0.407 e. The van der Waals surface area contributed by atoms with Crippen LogP contribution in [0, 0.1) is 0 Å². The molecule has 3 amide bonds. The number of nitrogens with zero attached hydrogens (tertiary/aromatic N) is 1. The van der Waals surface area contributed by atoms with Gasteiger partial charge in [-0.25, -0.2) is 14.6 Å². The van der Waals surface area contributed by atoms with Gasteiger partial charge in [-0.15, -0.1) is 11.3 Å². The summed E-state index contributed by atoms with van der Waals surface area (Å²) >= 11 is 1.53. The number of aryl methyl sites for hydroxylation is 1. The highest BCUT2D eigenvalue weighted by Crippen LogP contribution is 2.11. The van der Waals surface area contributed by atoms with Gasteiger partial charge in [0.15, 0.2) is 0 Å². The Bertz CT molecular complexity index is 810. The Kier molecular flexibility index (Phi) is 20.7. The standard InChI is InChI=1S/C10H14N2OS.C9H19NO2.C5H7NO3/c1-4-5-9-12-8(6-14-9)10(13)11-7(2)3;1-4-7-8(5-2)10-9(11)12-6-3;1-4(6-3-7)5(8)9-2/h6H,2,4-5H2,1,3H3,(H,11,13);8H,4-7H2,1-3H3,(H,10,11);3H,1H2,2H3,(H,6,7). The Labute approximate surface area is 212 Å². The Morgan fingerprint density at radius 2 is 1.83 bits per heavy atom. The molecule has 11 heteroatoms. The number of methoxy groups -OCH3 is 1. The van der Waals surface area contributed by atoms with Crippen LogP contribution in [-0.2, 0) is 25.5 Å². The number of aromatic nitrogens is 1. The molecule has 1 aromatic rings. The van der Waals surface area contributed by atoms with Gasteiger partial charge in [-0.05, 0) is 39.5 Å². The summed E-state index contributed by atoms with van der Waals surface area (Å²) in [5.41, 5.74) is 1.06. The molecule has 1 aromatic heterocycles. The highest BCUT2D eigenvalue weighted by Gasteiger charge is 2.10. The van der Waals surface area contributed by atoms with Gasteiger partial charge in [0.05, 0.1) is 18.7 Å². The molecule has 198 valence electrons. The van der Waals surface area contributed by atoms with Crippen LogP contribution in [0.5, 0.6) is 0 Å². The fourth-order valence-electron chi connectivity index (χ4n) is 2.32. The number of hydrogen-bond acceptors (Lipinski definition) is 8. The molecule has 1 heterocycles. The molecule has 35 heavy (non-hydrogen) atoms. The number of carbonyl (C=O) groups is 4. The zero-order valence-corrected chi connectivity index (χ0v) is 22.5. The molecule has 0 spiro atoms. The number of allylic oxidation sites excluding steroid dienone is 1. The number of hydrogen-bond donors (Lipinski definition) is 3. The molecule has 0 aliphatic rings. The van der Waals surface area contributed by atoms with Crippen LogP contribution in [0.1, 0.15) is 75.8 Å². The van der Waals surface area contributed by atoms with Crippen LogP contribution in [0.4, 0.5) is 4.79 Å². The third kappa shape index (κ3) is 17.9. The van der Waals surface area contributed by atoms with Gasteiger partial charge in [0, 0.05) is 17.1 Å². The number of alkyl carbamates (subject to hydrolysis) is 1. The first-order chi connectivity index (χ1) is 16.6. The van der Waals surface area contributed by atoms with Gasteiger partial charge < -0.3 is 25.4 Å². The monoisotopic (exact) mass is 512 g/mol. The molecule has 0 bridgehead atoms. The lowest BCUT2D eigenvalue weighted by atomic mass is 10.1. The van der Waals surface area contributed by atoms with E-state index in [-0.39, 0.29) is 23.7 Å². The topological polar surface area (TPSA) is 136 Å². The molecule has 0 saturated heterocycles. The lowest BCUT2D eigenvalue weighted by molar-refractivity contribution is -0.137. The normalized spacial score (nSPS) is 10.1. The number of nitrogens with one attached hydrogen (secondary N) is 3. The number of thiazole rings is 1. The third-order valence-electron chi connectivity index (χ3n) is 3.97. The molecule has 1 rings (SSSR count). The summed E-state index contributed by atoms with van der Waals surface area (Å²) in [7, 11) is 1.21. The van der Waals surface area contributed by atoms with E-state index in [0.29, 0.717) is 24.4 Å². The van der Waals surface area contributed by atoms with E-state index < -0.39 is 5.97 Å². The van der Waals surface area contributed by atoms with Crippen molar-refractivity contribution in [2.75, 3.05) is 13.7 Å². The second-order valence-corrected chi connectivity index (χ2v) is 8.04. The van der Waals surface area contributed by atoms with Crippen LogP contribution in [0.25, 0.3) is 0 Å². The molecular formula is C24H40N4O6S. The Hall–Kier alpha value is -3.21. The molecular weight excluding hydrogens is 472 g/mol. The van der Waals surface area contributed by atoms with Crippen LogP contribution in [0.2, 0.25) is 0 Å². The molecule has 0 radical (unpaired) electrons. The summed E-state index contributed by atoms with van der Waals surface area (Å²) in [4.78, 5) is 46.6. The second-order valence-electron chi connectivity index (χ2n) is 7.10. The SMILES string of the molecule is C=C(C)NC(=O)c1csc(CCC)n1.C=C(NC=O)C(=O)OC.CCCC(CC)NC(=O)OCC. The molecule has 10 nitrogen and oxygen atoms in total. The summed E-state index contributed by atoms with van der Waals surface area (Å²) in [5, 5.41) is 10.3. The molecule has 0 aromatic carbocycles. The Balaban J connectivity index is 0. The van der Waals surface area contributed by atoms with E-state index in [2.05, 4.69) is 54.3 Å². The van der Waals surface area contributed by atoms with Gasteiger partial charge in [-0.2, -0.15) is 0 Å². The van der Waals surface area contributed by atoms with Crippen LogP contribution in [0.3, 0.4) is 0 Å². The van der Waals surface area contributed by atoms with Crippen molar-refractivity contribution in [2.45, 2.75) is 72.8 Å². The van der Waals surface area contributed by atoms with E-state index >= 15 is 0 Å². The third-order valence-corrected chi connectivity index (χ3v) is 4.88. The van der Waals surface area contributed by atoms with Crippen molar-refractivity contribution in [3.8, 4) is 0 Å². The lowest BCUT2D eigenvalue weighted by Gasteiger charge is -2.15.